The van der Waals surface area contributed by atoms with Gasteiger partial charge in [-0.3, -0.25) is 4.79 Å². The number of halogens is 1. The van der Waals surface area contributed by atoms with Crippen LogP contribution in [-0.4, -0.2) is 59.5 Å². The minimum Gasteiger partial charge on any atom is -0.485 e. The molecule has 0 N–H and O–H groups in total. The van der Waals surface area contributed by atoms with Crippen LogP contribution in [0.15, 0.2) is 42.5 Å². The van der Waals surface area contributed by atoms with Gasteiger partial charge in [0.05, 0.1) is 31.7 Å². The number of fused-ring (bicyclic) bond motifs is 1. The fourth-order valence-electron chi connectivity index (χ4n) is 3.90. The van der Waals surface area contributed by atoms with Crippen LogP contribution in [0.5, 0.6) is 11.6 Å². The summed E-state index contributed by atoms with van der Waals surface area (Å²) in [6.07, 6.45) is -0.351. The van der Waals surface area contributed by atoms with Crippen LogP contribution in [0.2, 0.25) is 0 Å². The van der Waals surface area contributed by atoms with Crippen molar-refractivity contribution in [2.75, 3.05) is 20.8 Å². The van der Waals surface area contributed by atoms with Gasteiger partial charge in [-0.2, -0.15) is 5.10 Å². The average Bonchev–Trinajstić information content (AvgIpc) is 3.33. The number of benzene rings is 2. The van der Waals surface area contributed by atoms with E-state index in [4.69, 9.17) is 14.2 Å². The smallest absolute Gasteiger partial charge is 0.328 e. The molecule has 0 bridgehead atoms. The number of carbonyl (C=O) groups excluding carboxylic acids is 2. The molecule has 0 radical (unpaired) electrons. The largest absolute Gasteiger partial charge is 0.485 e. The van der Waals surface area contributed by atoms with Gasteiger partial charge in [-0.1, -0.05) is 12.1 Å². The number of para-hydroxylation sites is 1. The van der Waals surface area contributed by atoms with E-state index in [1.165, 1.54) is 24.1 Å². The molecule has 0 unspecified atom stereocenters. The summed E-state index contributed by atoms with van der Waals surface area (Å²) < 4.78 is 31.5. The summed E-state index contributed by atoms with van der Waals surface area (Å²) in [7, 11) is 4.57. The molecule has 1 fully saturated rings. The maximum Gasteiger partial charge on any atom is 0.328 e. The highest BCUT2D eigenvalue weighted by molar-refractivity contribution is 6.00. The minimum absolute atomic E-state index is 0.0763. The van der Waals surface area contributed by atoms with E-state index in [-0.39, 0.29) is 24.6 Å². The molecule has 1 aromatic heterocycles. The highest BCUT2D eigenvalue weighted by Gasteiger charge is 2.42. The highest BCUT2D eigenvalue weighted by Crippen LogP contribution is 2.29. The van der Waals surface area contributed by atoms with Crippen LogP contribution in [0, 0.1) is 5.82 Å². The van der Waals surface area contributed by atoms with E-state index in [1.807, 2.05) is 0 Å². The molecule has 3 aromatic rings. The Hall–Kier alpha value is -3.62. The Kier molecular flexibility index (Phi) is 5.50. The Morgan fingerprint density at radius 3 is 2.65 bits per heavy atom. The number of methoxy groups -OCH3 is 2. The molecule has 1 amide bonds. The van der Waals surface area contributed by atoms with Gasteiger partial charge in [0.15, 0.2) is 11.6 Å². The molecule has 9 heteroatoms. The summed E-state index contributed by atoms with van der Waals surface area (Å²) >= 11 is 0. The predicted octanol–water partition coefficient (Wildman–Crippen LogP) is 2.56. The monoisotopic (exact) mass is 427 g/mol. The normalized spacial score (nSPS) is 18.3. The topological polar surface area (TPSA) is 82.9 Å². The van der Waals surface area contributed by atoms with Gasteiger partial charge in [0.2, 0.25) is 5.88 Å². The quantitative estimate of drug-likeness (QED) is 0.582. The fraction of sp³-hybridized carbons (Fsp3) is 0.318. The van der Waals surface area contributed by atoms with Crippen molar-refractivity contribution in [1.82, 2.24) is 14.7 Å². The second-order valence-electron chi connectivity index (χ2n) is 7.27. The Labute approximate surface area is 178 Å². The molecule has 0 saturated carbocycles. The highest BCUT2D eigenvalue weighted by atomic mass is 19.1. The molecule has 2 heterocycles. The number of aryl methyl sites for hydroxylation is 1. The van der Waals surface area contributed by atoms with Gasteiger partial charge in [-0.15, -0.1) is 0 Å². The summed E-state index contributed by atoms with van der Waals surface area (Å²) in [6, 6.07) is 10.3. The van der Waals surface area contributed by atoms with Crippen LogP contribution in [0.4, 0.5) is 4.39 Å². The van der Waals surface area contributed by atoms with E-state index >= 15 is 0 Å². The van der Waals surface area contributed by atoms with Crippen LogP contribution >= 0.6 is 0 Å². The number of aromatic nitrogens is 2. The number of hydrogen-bond donors (Lipinski definition) is 0. The molecule has 162 valence electrons. The van der Waals surface area contributed by atoms with E-state index in [9.17, 15) is 14.0 Å². The maximum absolute atomic E-state index is 14.0. The first-order valence-corrected chi connectivity index (χ1v) is 9.73. The summed E-state index contributed by atoms with van der Waals surface area (Å²) in [5.74, 6) is -0.750. The lowest BCUT2D eigenvalue weighted by atomic mass is 10.1. The third-order valence-corrected chi connectivity index (χ3v) is 5.35. The van der Waals surface area contributed by atoms with Crippen LogP contribution in [0.3, 0.4) is 0 Å². The minimum atomic E-state index is -0.830. The van der Waals surface area contributed by atoms with Crippen molar-refractivity contribution in [3.8, 4) is 11.6 Å². The third kappa shape index (κ3) is 3.78. The van der Waals surface area contributed by atoms with Crippen molar-refractivity contribution >= 4 is 22.8 Å². The zero-order chi connectivity index (χ0) is 22.1. The van der Waals surface area contributed by atoms with Gasteiger partial charge < -0.3 is 19.1 Å². The Bertz CT molecular complexity index is 1150. The number of esters is 1. The SMILES string of the molecule is COC(=O)[C@@H]1C[C@@H](Oc2ccccc2F)CN1C(=O)c1ccc2c(OC)n(C)nc2c1. The molecule has 2 atom stereocenters. The summed E-state index contributed by atoms with van der Waals surface area (Å²) in [6.45, 7) is 0.122. The van der Waals surface area contributed by atoms with Gasteiger partial charge >= 0.3 is 5.97 Å². The van der Waals surface area contributed by atoms with Crippen molar-refractivity contribution in [3.05, 3.63) is 53.8 Å². The molecule has 1 saturated heterocycles. The fourth-order valence-corrected chi connectivity index (χ4v) is 3.90. The molecular formula is C22H22FN3O5. The number of hydrogen-bond acceptors (Lipinski definition) is 6. The number of ether oxygens (including phenoxy) is 3. The van der Waals surface area contributed by atoms with Crippen LogP contribution in [0.1, 0.15) is 16.8 Å². The predicted molar refractivity (Wildman–Crippen MR) is 110 cm³/mol. The van der Waals surface area contributed by atoms with Crippen molar-refractivity contribution in [2.45, 2.75) is 18.6 Å². The molecule has 1 aliphatic heterocycles. The molecule has 0 aliphatic carbocycles. The molecule has 2 aromatic carbocycles. The summed E-state index contributed by atoms with van der Waals surface area (Å²) in [4.78, 5) is 27.0. The lowest BCUT2D eigenvalue weighted by molar-refractivity contribution is -0.145. The number of nitrogens with zero attached hydrogens (tertiary/aromatic N) is 3. The third-order valence-electron chi connectivity index (χ3n) is 5.35. The number of carbonyl (C=O) groups is 2. The van der Waals surface area contributed by atoms with Gasteiger partial charge in [0, 0.05) is 19.0 Å². The average molecular weight is 427 g/mol. The van der Waals surface area contributed by atoms with Crippen LogP contribution < -0.4 is 9.47 Å². The number of likely N-dealkylation sites (tertiary alicyclic amines) is 1. The number of amides is 1. The Morgan fingerprint density at radius 1 is 1.16 bits per heavy atom. The van der Waals surface area contributed by atoms with E-state index in [2.05, 4.69) is 5.10 Å². The van der Waals surface area contributed by atoms with Gasteiger partial charge in [-0.05, 0) is 30.3 Å². The second-order valence-corrected chi connectivity index (χ2v) is 7.27. The first-order chi connectivity index (χ1) is 14.9. The summed E-state index contributed by atoms with van der Waals surface area (Å²) in [5.41, 5.74) is 0.965. The van der Waals surface area contributed by atoms with Gasteiger partial charge in [0.1, 0.15) is 12.1 Å². The molecular weight excluding hydrogens is 405 g/mol. The van der Waals surface area contributed by atoms with Gasteiger partial charge in [-0.25, -0.2) is 13.9 Å². The van der Waals surface area contributed by atoms with Crippen molar-refractivity contribution < 1.29 is 28.2 Å². The molecule has 0 spiro atoms. The number of rotatable bonds is 5. The van der Waals surface area contributed by atoms with Crippen molar-refractivity contribution in [3.63, 3.8) is 0 Å². The standard InChI is InChI=1S/C22H22FN3O5/c1-25-21(29-2)15-9-8-13(10-17(15)24-25)20(27)26-12-14(11-18(26)22(28)30-3)31-19-7-5-4-6-16(19)23/h4-10,14,18H,11-12H2,1-3H3/t14-,18+/m1/s1. The zero-order valence-corrected chi connectivity index (χ0v) is 17.4. The van der Waals surface area contributed by atoms with Gasteiger partial charge in [0.25, 0.3) is 5.91 Å². The van der Waals surface area contributed by atoms with E-state index in [0.717, 1.165) is 5.39 Å². The zero-order valence-electron chi connectivity index (χ0n) is 17.4. The molecule has 31 heavy (non-hydrogen) atoms. The first kappa shape index (κ1) is 20.6. The lowest BCUT2D eigenvalue weighted by Gasteiger charge is -2.22. The lowest BCUT2D eigenvalue weighted by Crippen LogP contribution is -2.41. The molecule has 4 rings (SSSR count). The molecule has 8 nitrogen and oxygen atoms in total. The summed E-state index contributed by atoms with van der Waals surface area (Å²) in [5, 5.41) is 5.14. The Morgan fingerprint density at radius 2 is 1.94 bits per heavy atom. The first-order valence-electron chi connectivity index (χ1n) is 9.73. The molecule has 1 aliphatic rings. The van der Waals surface area contributed by atoms with Crippen LogP contribution in [0.25, 0.3) is 10.9 Å². The second kappa shape index (κ2) is 8.25. The van der Waals surface area contributed by atoms with E-state index < -0.39 is 23.9 Å². The van der Waals surface area contributed by atoms with Crippen molar-refractivity contribution in [2.24, 2.45) is 7.05 Å². The Balaban J connectivity index is 1.61. The van der Waals surface area contributed by atoms with E-state index in [1.54, 1.807) is 49.2 Å². The van der Waals surface area contributed by atoms with Crippen molar-refractivity contribution in [1.29, 1.82) is 0 Å². The van der Waals surface area contributed by atoms with Crippen LogP contribution in [-0.2, 0) is 16.6 Å². The maximum atomic E-state index is 14.0. The van der Waals surface area contributed by atoms with E-state index in [0.29, 0.717) is 17.0 Å².